The molecule has 22 heavy (non-hydrogen) atoms. The molecule has 0 spiro atoms. The highest BCUT2D eigenvalue weighted by Gasteiger charge is 2.09. The summed E-state index contributed by atoms with van der Waals surface area (Å²) in [5, 5.41) is 5.32. The summed E-state index contributed by atoms with van der Waals surface area (Å²) in [4.78, 5) is 11.7. The number of fused-ring (bicyclic) bond motifs is 1. The number of carbonyl (C=O) groups excluding carboxylic acids is 1. The average Bonchev–Trinajstić information content (AvgIpc) is 2.54. The third-order valence-corrected chi connectivity index (χ3v) is 3.80. The first kappa shape index (κ1) is 16.6. The fourth-order valence-corrected chi connectivity index (χ4v) is 2.64. The van der Waals surface area contributed by atoms with Crippen LogP contribution in [-0.2, 0) is 11.2 Å². The highest BCUT2D eigenvalue weighted by atomic mass is 35.5. The smallest absolute Gasteiger partial charge is 0.220 e. The summed E-state index contributed by atoms with van der Waals surface area (Å²) in [5.41, 5.74) is 1.15. The molecule has 0 radical (unpaired) electrons. The van der Waals surface area contributed by atoms with Crippen molar-refractivity contribution in [2.75, 3.05) is 19.0 Å². The zero-order valence-electron chi connectivity index (χ0n) is 12.9. The van der Waals surface area contributed by atoms with Gasteiger partial charge in [0.25, 0.3) is 0 Å². The number of hydrogen-bond donors (Lipinski definition) is 1. The summed E-state index contributed by atoms with van der Waals surface area (Å²) < 4.78 is 5.74. The molecule has 0 unspecified atom stereocenters. The van der Waals surface area contributed by atoms with Gasteiger partial charge in [0.1, 0.15) is 5.75 Å². The van der Waals surface area contributed by atoms with Crippen molar-refractivity contribution in [1.29, 1.82) is 0 Å². The van der Waals surface area contributed by atoms with Crippen LogP contribution in [0.2, 0.25) is 0 Å². The quantitative estimate of drug-likeness (QED) is 0.749. The summed E-state index contributed by atoms with van der Waals surface area (Å²) >= 11 is 5.60. The van der Waals surface area contributed by atoms with Gasteiger partial charge < -0.3 is 10.1 Å². The number of rotatable bonds is 8. The highest BCUT2D eigenvalue weighted by molar-refractivity contribution is 6.17. The van der Waals surface area contributed by atoms with Crippen molar-refractivity contribution in [2.24, 2.45) is 0 Å². The van der Waals surface area contributed by atoms with Crippen LogP contribution in [0.25, 0.3) is 10.8 Å². The van der Waals surface area contributed by atoms with Gasteiger partial charge in [0.05, 0.1) is 6.61 Å². The predicted octanol–water partition coefficient (Wildman–Crippen LogP) is 3.92. The maximum atomic E-state index is 11.7. The minimum absolute atomic E-state index is 0.0545. The molecule has 0 aliphatic rings. The van der Waals surface area contributed by atoms with E-state index in [2.05, 4.69) is 23.5 Å². The normalized spacial score (nSPS) is 10.6. The number of amides is 1. The first-order valence-corrected chi connectivity index (χ1v) is 8.25. The minimum atomic E-state index is 0.0545. The van der Waals surface area contributed by atoms with E-state index in [0.717, 1.165) is 17.7 Å². The molecule has 0 atom stereocenters. The first-order chi connectivity index (χ1) is 10.8. The lowest BCUT2D eigenvalue weighted by atomic mass is 10.0. The monoisotopic (exact) mass is 319 g/mol. The molecule has 0 bridgehead atoms. The molecule has 3 nitrogen and oxygen atoms in total. The molecule has 0 aliphatic heterocycles. The lowest BCUT2D eigenvalue weighted by Gasteiger charge is -2.14. The second kappa shape index (κ2) is 8.64. The van der Waals surface area contributed by atoms with Crippen LogP contribution in [-0.4, -0.2) is 24.9 Å². The second-order valence-electron chi connectivity index (χ2n) is 5.09. The van der Waals surface area contributed by atoms with Gasteiger partial charge in [0.15, 0.2) is 0 Å². The summed E-state index contributed by atoms with van der Waals surface area (Å²) in [6, 6.07) is 12.3. The number of halogens is 1. The SMILES string of the molecule is CCOc1ccc2ccccc2c1CCNC(=O)CCCCl. The van der Waals surface area contributed by atoms with Crippen LogP contribution in [0.3, 0.4) is 0 Å². The van der Waals surface area contributed by atoms with Crippen LogP contribution >= 0.6 is 11.6 Å². The molecule has 1 N–H and O–H groups in total. The Morgan fingerprint density at radius 1 is 1.23 bits per heavy atom. The van der Waals surface area contributed by atoms with Gasteiger partial charge in [0, 0.05) is 24.4 Å². The van der Waals surface area contributed by atoms with Crippen molar-refractivity contribution < 1.29 is 9.53 Å². The van der Waals surface area contributed by atoms with E-state index in [1.165, 1.54) is 10.8 Å². The molecule has 0 fully saturated rings. The molecule has 118 valence electrons. The Morgan fingerprint density at radius 3 is 2.82 bits per heavy atom. The summed E-state index contributed by atoms with van der Waals surface area (Å²) in [6.45, 7) is 3.22. The molecule has 2 aromatic rings. The number of alkyl halides is 1. The highest BCUT2D eigenvalue weighted by Crippen LogP contribution is 2.28. The van der Waals surface area contributed by atoms with Gasteiger partial charge in [-0.3, -0.25) is 4.79 Å². The van der Waals surface area contributed by atoms with E-state index >= 15 is 0 Å². The Morgan fingerprint density at radius 2 is 2.05 bits per heavy atom. The maximum absolute atomic E-state index is 11.7. The van der Waals surface area contributed by atoms with Crippen LogP contribution in [0, 0.1) is 0 Å². The lowest BCUT2D eigenvalue weighted by Crippen LogP contribution is -2.25. The summed E-state index contributed by atoms with van der Waals surface area (Å²) in [5.74, 6) is 1.47. The van der Waals surface area contributed by atoms with Crippen LogP contribution in [0.4, 0.5) is 0 Å². The largest absolute Gasteiger partial charge is 0.494 e. The Balaban J connectivity index is 2.10. The van der Waals surface area contributed by atoms with Crippen molar-refractivity contribution >= 4 is 28.3 Å². The van der Waals surface area contributed by atoms with E-state index in [-0.39, 0.29) is 5.91 Å². The van der Waals surface area contributed by atoms with E-state index in [9.17, 15) is 4.79 Å². The van der Waals surface area contributed by atoms with Crippen molar-refractivity contribution in [3.8, 4) is 5.75 Å². The third-order valence-electron chi connectivity index (χ3n) is 3.53. The van der Waals surface area contributed by atoms with Gasteiger partial charge >= 0.3 is 0 Å². The molecule has 2 rings (SSSR count). The molecule has 1 amide bonds. The fourth-order valence-electron chi connectivity index (χ4n) is 2.51. The van der Waals surface area contributed by atoms with E-state index < -0.39 is 0 Å². The minimum Gasteiger partial charge on any atom is -0.494 e. The van der Waals surface area contributed by atoms with Crippen LogP contribution in [0.5, 0.6) is 5.75 Å². The molecule has 2 aromatic carbocycles. The van der Waals surface area contributed by atoms with Crippen molar-refractivity contribution in [2.45, 2.75) is 26.2 Å². The molecule has 4 heteroatoms. The number of carbonyl (C=O) groups is 1. The van der Waals surface area contributed by atoms with E-state index in [1.54, 1.807) is 0 Å². The molecule has 0 saturated heterocycles. The van der Waals surface area contributed by atoms with E-state index in [0.29, 0.717) is 31.9 Å². The van der Waals surface area contributed by atoms with Crippen LogP contribution in [0.1, 0.15) is 25.3 Å². The predicted molar refractivity (Wildman–Crippen MR) is 91.8 cm³/mol. The van der Waals surface area contributed by atoms with Crippen molar-refractivity contribution in [3.05, 3.63) is 42.0 Å². The van der Waals surface area contributed by atoms with Crippen LogP contribution < -0.4 is 10.1 Å². The molecule has 0 saturated carbocycles. The van der Waals surface area contributed by atoms with Crippen LogP contribution in [0.15, 0.2) is 36.4 Å². The topological polar surface area (TPSA) is 38.3 Å². The Labute approximate surface area is 136 Å². The lowest BCUT2D eigenvalue weighted by molar-refractivity contribution is -0.121. The van der Waals surface area contributed by atoms with Crippen molar-refractivity contribution in [1.82, 2.24) is 5.32 Å². The van der Waals surface area contributed by atoms with Gasteiger partial charge in [-0.05, 0) is 36.6 Å². The Kier molecular flexibility index (Phi) is 6.53. The number of hydrogen-bond acceptors (Lipinski definition) is 2. The van der Waals surface area contributed by atoms with Crippen molar-refractivity contribution in [3.63, 3.8) is 0 Å². The number of nitrogens with one attached hydrogen (secondary N) is 1. The standard InChI is InChI=1S/C18H22ClNO2/c1-2-22-17-10-9-14-6-3-4-7-15(14)16(17)11-13-20-18(21)8-5-12-19/h3-4,6-7,9-10H,2,5,8,11-13H2,1H3,(H,20,21). The van der Waals surface area contributed by atoms with E-state index in [1.807, 2.05) is 25.1 Å². The summed E-state index contributed by atoms with van der Waals surface area (Å²) in [7, 11) is 0. The number of ether oxygens (including phenoxy) is 1. The third kappa shape index (κ3) is 4.38. The van der Waals surface area contributed by atoms with E-state index in [4.69, 9.17) is 16.3 Å². The average molecular weight is 320 g/mol. The van der Waals surface area contributed by atoms with Gasteiger partial charge in [-0.2, -0.15) is 0 Å². The van der Waals surface area contributed by atoms with Gasteiger partial charge in [-0.1, -0.05) is 30.3 Å². The number of benzene rings is 2. The second-order valence-corrected chi connectivity index (χ2v) is 5.47. The van der Waals surface area contributed by atoms with Gasteiger partial charge in [-0.25, -0.2) is 0 Å². The molecular weight excluding hydrogens is 298 g/mol. The molecule has 0 heterocycles. The van der Waals surface area contributed by atoms with Gasteiger partial charge in [0.2, 0.25) is 5.91 Å². The Bertz CT molecular complexity index is 628. The summed E-state index contributed by atoms with van der Waals surface area (Å²) in [6.07, 6.45) is 1.95. The molecular formula is C18H22ClNO2. The zero-order valence-corrected chi connectivity index (χ0v) is 13.7. The molecule has 0 aliphatic carbocycles. The fraction of sp³-hybridized carbons (Fsp3) is 0.389. The molecule has 0 aromatic heterocycles. The Hall–Kier alpha value is -1.74. The van der Waals surface area contributed by atoms with Gasteiger partial charge in [-0.15, -0.1) is 11.6 Å². The first-order valence-electron chi connectivity index (χ1n) is 7.72. The zero-order chi connectivity index (χ0) is 15.8. The maximum Gasteiger partial charge on any atom is 0.220 e.